The number of methoxy groups -OCH3 is 1. The van der Waals surface area contributed by atoms with Crippen molar-refractivity contribution in [2.75, 3.05) is 20.3 Å². The van der Waals surface area contributed by atoms with Crippen molar-refractivity contribution < 1.29 is 19.1 Å². The summed E-state index contributed by atoms with van der Waals surface area (Å²) in [6, 6.07) is 15.3. The summed E-state index contributed by atoms with van der Waals surface area (Å²) in [6.45, 7) is 2.17. The van der Waals surface area contributed by atoms with E-state index in [2.05, 4.69) is 5.32 Å². The summed E-state index contributed by atoms with van der Waals surface area (Å²) in [4.78, 5) is 23.6. The van der Waals surface area contributed by atoms with Gasteiger partial charge >= 0.3 is 5.97 Å². The highest BCUT2D eigenvalue weighted by molar-refractivity contribution is 5.81. The average Bonchev–Trinajstić information content (AvgIpc) is 2.62. The number of nitrogens with one attached hydrogen (secondary N) is 1. The van der Waals surface area contributed by atoms with Crippen molar-refractivity contribution in [1.82, 2.24) is 5.32 Å². The predicted molar refractivity (Wildman–Crippen MR) is 95.5 cm³/mol. The van der Waals surface area contributed by atoms with Crippen molar-refractivity contribution in [3.63, 3.8) is 0 Å². The smallest absolute Gasteiger partial charge is 0.310 e. The molecule has 1 N–H and O–H groups in total. The van der Waals surface area contributed by atoms with E-state index < -0.39 is 5.97 Å². The van der Waals surface area contributed by atoms with E-state index >= 15 is 0 Å². The molecule has 0 fully saturated rings. The van der Waals surface area contributed by atoms with Gasteiger partial charge < -0.3 is 14.8 Å². The topological polar surface area (TPSA) is 64.6 Å². The highest BCUT2D eigenvalue weighted by Crippen LogP contribution is 2.11. The maximum absolute atomic E-state index is 11.8. The predicted octanol–water partition coefficient (Wildman–Crippen LogP) is 2.45. The lowest BCUT2D eigenvalue weighted by atomic mass is 10.1. The van der Waals surface area contributed by atoms with Gasteiger partial charge in [-0.2, -0.15) is 0 Å². The first-order valence-electron chi connectivity index (χ1n) is 8.18. The van der Waals surface area contributed by atoms with E-state index in [4.69, 9.17) is 9.47 Å². The molecule has 0 aliphatic heterocycles. The van der Waals surface area contributed by atoms with Crippen molar-refractivity contribution in [3.8, 4) is 5.75 Å². The third kappa shape index (κ3) is 6.30. The highest BCUT2D eigenvalue weighted by atomic mass is 16.5. The number of amides is 1. The standard InChI is InChI=1S/C20H23NO4/c1-15-5-3-4-6-17(15)13-20(23)25-14-19(22)21-12-11-16-7-9-18(24-2)10-8-16/h3-10H,11-14H2,1-2H3,(H,21,22). The van der Waals surface area contributed by atoms with Crippen LogP contribution in [0.2, 0.25) is 0 Å². The Labute approximate surface area is 148 Å². The molecule has 0 aromatic heterocycles. The number of benzene rings is 2. The van der Waals surface area contributed by atoms with Crippen LogP contribution in [0.15, 0.2) is 48.5 Å². The fourth-order valence-electron chi connectivity index (χ4n) is 2.35. The molecule has 2 aromatic rings. The van der Waals surface area contributed by atoms with Crippen molar-refractivity contribution >= 4 is 11.9 Å². The van der Waals surface area contributed by atoms with Crippen LogP contribution in [-0.4, -0.2) is 32.1 Å². The molecule has 0 spiro atoms. The van der Waals surface area contributed by atoms with E-state index in [-0.39, 0.29) is 18.9 Å². The van der Waals surface area contributed by atoms with Crippen LogP contribution in [0.4, 0.5) is 0 Å². The molecular weight excluding hydrogens is 318 g/mol. The molecule has 0 atom stereocenters. The highest BCUT2D eigenvalue weighted by Gasteiger charge is 2.09. The molecule has 0 saturated carbocycles. The van der Waals surface area contributed by atoms with Crippen LogP contribution in [0.3, 0.4) is 0 Å². The Morgan fingerprint density at radius 3 is 2.44 bits per heavy atom. The van der Waals surface area contributed by atoms with E-state index in [0.29, 0.717) is 13.0 Å². The second-order valence-electron chi connectivity index (χ2n) is 5.71. The zero-order valence-corrected chi connectivity index (χ0v) is 14.6. The second kappa shape index (κ2) is 9.47. The Hall–Kier alpha value is -2.82. The summed E-state index contributed by atoms with van der Waals surface area (Å²) in [5.74, 6) is 0.0969. The van der Waals surface area contributed by atoms with Gasteiger partial charge in [0.2, 0.25) is 0 Å². The molecule has 0 radical (unpaired) electrons. The first-order chi connectivity index (χ1) is 12.1. The van der Waals surface area contributed by atoms with E-state index in [1.54, 1.807) is 7.11 Å². The number of aryl methyl sites for hydroxylation is 1. The van der Waals surface area contributed by atoms with E-state index in [1.165, 1.54) is 0 Å². The number of hydrogen-bond acceptors (Lipinski definition) is 4. The minimum absolute atomic E-state index is 0.172. The minimum Gasteiger partial charge on any atom is -0.497 e. The zero-order valence-electron chi connectivity index (χ0n) is 14.6. The molecule has 0 saturated heterocycles. The van der Waals surface area contributed by atoms with Crippen LogP contribution in [0.5, 0.6) is 5.75 Å². The van der Waals surface area contributed by atoms with Gasteiger partial charge in [-0.1, -0.05) is 36.4 Å². The van der Waals surface area contributed by atoms with Crippen LogP contribution in [0, 0.1) is 6.92 Å². The molecular formula is C20H23NO4. The fourth-order valence-corrected chi connectivity index (χ4v) is 2.35. The van der Waals surface area contributed by atoms with Gasteiger partial charge in [0.05, 0.1) is 13.5 Å². The van der Waals surface area contributed by atoms with E-state index in [1.807, 2.05) is 55.5 Å². The van der Waals surface area contributed by atoms with E-state index in [0.717, 1.165) is 22.4 Å². The molecule has 5 nitrogen and oxygen atoms in total. The maximum Gasteiger partial charge on any atom is 0.310 e. The molecule has 0 aliphatic carbocycles. The largest absolute Gasteiger partial charge is 0.497 e. The SMILES string of the molecule is COc1ccc(CCNC(=O)COC(=O)Cc2ccccc2C)cc1. The number of esters is 1. The van der Waals surface area contributed by atoms with Crippen molar-refractivity contribution in [2.24, 2.45) is 0 Å². The van der Waals surface area contributed by atoms with Gasteiger partial charge in [-0.25, -0.2) is 0 Å². The van der Waals surface area contributed by atoms with Gasteiger partial charge in [0.15, 0.2) is 6.61 Å². The van der Waals surface area contributed by atoms with Gasteiger partial charge in [0, 0.05) is 6.54 Å². The molecule has 0 aliphatic rings. The van der Waals surface area contributed by atoms with Gasteiger partial charge in [-0.15, -0.1) is 0 Å². The number of carbonyl (C=O) groups is 2. The third-order valence-electron chi connectivity index (χ3n) is 3.86. The summed E-state index contributed by atoms with van der Waals surface area (Å²) in [5, 5.41) is 2.74. The number of hydrogen-bond donors (Lipinski definition) is 1. The van der Waals surface area contributed by atoms with Crippen molar-refractivity contribution in [3.05, 3.63) is 65.2 Å². The average molecular weight is 341 g/mol. The molecule has 5 heteroatoms. The molecule has 25 heavy (non-hydrogen) atoms. The molecule has 2 aromatic carbocycles. The Bertz CT molecular complexity index is 710. The molecule has 0 heterocycles. The molecule has 1 amide bonds. The van der Waals surface area contributed by atoms with Gasteiger partial charge in [0.1, 0.15) is 5.75 Å². The quantitative estimate of drug-likeness (QED) is 0.749. The lowest BCUT2D eigenvalue weighted by Crippen LogP contribution is -2.30. The third-order valence-corrected chi connectivity index (χ3v) is 3.86. The second-order valence-corrected chi connectivity index (χ2v) is 5.71. The van der Waals surface area contributed by atoms with Crippen LogP contribution in [0.25, 0.3) is 0 Å². The molecule has 0 bridgehead atoms. The van der Waals surface area contributed by atoms with Crippen molar-refractivity contribution in [1.29, 1.82) is 0 Å². The Morgan fingerprint density at radius 2 is 1.76 bits per heavy atom. The lowest BCUT2D eigenvalue weighted by molar-refractivity contribution is -0.147. The Morgan fingerprint density at radius 1 is 1.04 bits per heavy atom. The van der Waals surface area contributed by atoms with Gasteiger partial charge in [-0.3, -0.25) is 9.59 Å². The summed E-state index contributed by atoms with van der Waals surface area (Å²) in [6.07, 6.45) is 0.874. The normalized spacial score (nSPS) is 10.2. The maximum atomic E-state index is 11.8. The van der Waals surface area contributed by atoms with Crippen LogP contribution < -0.4 is 10.1 Å². The number of rotatable bonds is 8. The molecule has 2 rings (SSSR count). The first-order valence-corrected chi connectivity index (χ1v) is 8.18. The molecule has 132 valence electrons. The molecule has 0 unspecified atom stereocenters. The summed E-state index contributed by atoms with van der Waals surface area (Å²) >= 11 is 0. The van der Waals surface area contributed by atoms with Gasteiger partial charge in [0.25, 0.3) is 5.91 Å². The van der Waals surface area contributed by atoms with Crippen LogP contribution >= 0.6 is 0 Å². The van der Waals surface area contributed by atoms with Crippen LogP contribution in [0.1, 0.15) is 16.7 Å². The zero-order chi connectivity index (χ0) is 18.1. The Balaban J connectivity index is 1.66. The lowest BCUT2D eigenvalue weighted by Gasteiger charge is -2.08. The monoisotopic (exact) mass is 341 g/mol. The number of ether oxygens (including phenoxy) is 2. The number of carbonyl (C=O) groups excluding carboxylic acids is 2. The summed E-state index contributed by atoms with van der Waals surface area (Å²) < 4.78 is 10.1. The fraction of sp³-hybridized carbons (Fsp3) is 0.300. The summed E-state index contributed by atoms with van der Waals surface area (Å²) in [7, 11) is 1.62. The van der Waals surface area contributed by atoms with E-state index in [9.17, 15) is 9.59 Å². The van der Waals surface area contributed by atoms with Crippen LogP contribution in [-0.2, 0) is 27.2 Å². The minimum atomic E-state index is -0.403. The Kier molecular flexibility index (Phi) is 7.01. The van der Waals surface area contributed by atoms with Gasteiger partial charge in [-0.05, 0) is 42.2 Å². The summed E-state index contributed by atoms with van der Waals surface area (Å²) in [5.41, 5.74) is 3.04. The van der Waals surface area contributed by atoms with Crippen molar-refractivity contribution in [2.45, 2.75) is 19.8 Å². The first kappa shape index (κ1) is 18.5.